The van der Waals surface area contributed by atoms with E-state index < -0.39 is 17.9 Å². The standard InChI is InChI=1S/C42H30N6O6/c49-37(28-10-4-1-5-11-28)52-34-22-16-31(17-23-34)43-40-46-41(44-32-18-24-35(25-19-32)53-38(50)29-12-6-2-7-13-29)48-42(47-40)45-33-20-26-36(27-21-33)54-39(51)30-14-8-3-9-15-30/h1-27H,(H3,43,44,45,46,47,48). The van der Waals surface area contributed by atoms with Crippen molar-refractivity contribution in [2.75, 3.05) is 16.0 Å². The third-order valence-electron chi connectivity index (χ3n) is 7.63. The minimum absolute atomic E-state index is 0.200. The number of carbonyl (C=O) groups is 3. The predicted octanol–water partition coefficient (Wildman–Crippen LogP) is 8.76. The molecule has 0 bridgehead atoms. The molecule has 7 aromatic rings. The van der Waals surface area contributed by atoms with E-state index in [-0.39, 0.29) is 17.8 Å². The molecular formula is C42H30N6O6. The van der Waals surface area contributed by atoms with Crippen LogP contribution >= 0.6 is 0 Å². The maximum Gasteiger partial charge on any atom is 0.343 e. The fourth-order valence-electron chi connectivity index (χ4n) is 4.97. The van der Waals surface area contributed by atoms with Crippen molar-refractivity contribution in [3.05, 3.63) is 180 Å². The lowest BCUT2D eigenvalue weighted by Gasteiger charge is -2.12. The van der Waals surface area contributed by atoms with E-state index in [1.54, 1.807) is 146 Å². The second-order valence-corrected chi connectivity index (χ2v) is 11.5. The molecule has 0 atom stereocenters. The van der Waals surface area contributed by atoms with Gasteiger partial charge in [-0.15, -0.1) is 0 Å². The summed E-state index contributed by atoms with van der Waals surface area (Å²) in [5, 5.41) is 9.49. The Morgan fingerprint density at radius 2 is 0.574 bits per heavy atom. The van der Waals surface area contributed by atoms with Gasteiger partial charge in [0.15, 0.2) is 0 Å². The second-order valence-electron chi connectivity index (χ2n) is 11.5. The fourth-order valence-corrected chi connectivity index (χ4v) is 4.97. The first-order chi connectivity index (χ1) is 26.4. The minimum atomic E-state index is -0.468. The average molecular weight is 715 g/mol. The number of hydrogen-bond acceptors (Lipinski definition) is 12. The summed E-state index contributed by atoms with van der Waals surface area (Å²) in [5.41, 5.74) is 3.17. The molecule has 0 aliphatic carbocycles. The van der Waals surface area contributed by atoms with Gasteiger partial charge < -0.3 is 30.2 Å². The highest BCUT2D eigenvalue weighted by Gasteiger charge is 2.13. The molecule has 7 rings (SSSR count). The topological polar surface area (TPSA) is 154 Å². The van der Waals surface area contributed by atoms with E-state index in [0.717, 1.165) is 0 Å². The second kappa shape index (κ2) is 16.4. The molecule has 12 heteroatoms. The number of nitrogens with one attached hydrogen (secondary N) is 3. The largest absolute Gasteiger partial charge is 0.423 e. The van der Waals surface area contributed by atoms with Gasteiger partial charge in [0.25, 0.3) is 0 Å². The van der Waals surface area contributed by atoms with Gasteiger partial charge in [-0.25, -0.2) is 14.4 Å². The van der Waals surface area contributed by atoms with Crippen molar-refractivity contribution in [1.82, 2.24) is 15.0 Å². The summed E-state index contributed by atoms with van der Waals surface area (Å²) in [6, 6.07) is 46.4. The van der Waals surface area contributed by atoms with Gasteiger partial charge in [-0.05, 0) is 109 Å². The van der Waals surface area contributed by atoms with Gasteiger partial charge >= 0.3 is 17.9 Å². The van der Waals surface area contributed by atoms with E-state index in [1.807, 2.05) is 18.2 Å². The van der Waals surface area contributed by atoms with Crippen LogP contribution in [0.4, 0.5) is 34.9 Å². The summed E-state index contributed by atoms with van der Waals surface area (Å²) in [6.07, 6.45) is 0. The number of esters is 3. The minimum Gasteiger partial charge on any atom is -0.423 e. The summed E-state index contributed by atoms with van der Waals surface area (Å²) < 4.78 is 16.5. The number of rotatable bonds is 12. The molecule has 0 saturated heterocycles. The van der Waals surface area contributed by atoms with Crippen molar-refractivity contribution in [1.29, 1.82) is 0 Å². The lowest BCUT2D eigenvalue weighted by atomic mass is 10.2. The van der Waals surface area contributed by atoms with E-state index >= 15 is 0 Å². The van der Waals surface area contributed by atoms with Crippen LogP contribution in [0.15, 0.2) is 164 Å². The molecule has 0 aliphatic rings. The quantitative estimate of drug-likeness (QED) is 0.0819. The molecular weight excluding hydrogens is 684 g/mol. The molecule has 6 aromatic carbocycles. The van der Waals surface area contributed by atoms with E-state index in [9.17, 15) is 14.4 Å². The monoisotopic (exact) mass is 714 g/mol. The Bertz CT molecular complexity index is 2080. The van der Waals surface area contributed by atoms with Crippen molar-refractivity contribution in [3.63, 3.8) is 0 Å². The Balaban J connectivity index is 1.07. The summed E-state index contributed by atoms with van der Waals surface area (Å²) in [4.78, 5) is 51.1. The first-order valence-corrected chi connectivity index (χ1v) is 16.6. The number of benzene rings is 6. The fraction of sp³-hybridized carbons (Fsp3) is 0. The zero-order valence-electron chi connectivity index (χ0n) is 28.4. The molecule has 0 saturated carbocycles. The van der Waals surface area contributed by atoms with E-state index in [1.165, 1.54) is 0 Å². The number of ether oxygens (including phenoxy) is 3. The molecule has 0 aliphatic heterocycles. The molecule has 0 unspecified atom stereocenters. The van der Waals surface area contributed by atoms with Gasteiger partial charge in [0.05, 0.1) is 16.7 Å². The van der Waals surface area contributed by atoms with Crippen molar-refractivity contribution in [2.45, 2.75) is 0 Å². The lowest BCUT2D eigenvalue weighted by molar-refractivity contribution is 0.0725. The molecule has 54 heavy (non-hydrogen) atoms. The lowest BCUT2D eigenvalue weighted by Crippen LogP contribution is -2.09. The van der Waals surface area contributed by atoms with Crippen LogP contribution in [0.2, 0.25) is 0 Å². The van der Waals surface area contributed by atoms with Crippen molar-refractivity contribution in [2.24, 2.45) is 0 Å². The SMILES string of the molecule is O=C(Oc1ccc(Nc2nc(Nc3ccc(OC(=O)c4ccccc4)cc3)nc(Nc3ccc(OC(=O)c4ccccc4)cc3)n2)cc1)c1ccccc1. The Hall–Kier alpha value is -7.86. The van der Waals surface area contributed by atoms with Crippen LogP contribution in [0.25, 0.3) is 0 Å². The first-order valence-electron chi connectivity index (χ1n) is 16.6. The van der Waals surface area contributed by atoms with Crippen molar-refractivity contribution >= 4 is 52.8 Å². The average Bonchev–Trinajstić information content (AvgIpc) is 3.21. The smallest absolute Gasteiger partial charge is 0.343 e. The highest BCUT2D eigenvalue weighted by atomic mass is 16.5. The van der Waals surface area contributed by atoms with Gasteiger partial charge in [0.2, 0.25) is 17.8 Å². The summed E-state index contributed by atoms with van der Waals surface area (Å²) in [7, 11) is 0. The Morgan fingerprint density at radius 1 is 0.333 bits per heavy atom. The van der Waals surface area contributed by atoms with Gasteiger partial charge in [0, 0.05) is 17.1 Å². The Kier molecular flexibility index (Phi) is 10.5. The van der Waals surface area contributed by atoms with Crippen molar-refractivity contribution in [3.8, 4) is 17.2 Å². The molecule has 1 aromatic heterocycles. The Morgan fingerprint density at radius 3 is 0.815 bits per heavy atom. The molecule has 3 N–H and O–H groups in total. The predicted molar refractivity (Wildman–Crippen MR) is 203 cm³/mol. The molecule has 12 nitrogen and oxygen atoms in total. The van der Waals surface area contributed by atoms with Gasteiger partial charge in [-0.1, -0.05) is 54.6 Å². The van der Waals surface area contributed by atoms with Crippen LogP contribution in [-0.2, 0) is 0 Å². The zero-order chi connectivity index (χ0) is 37.1. The van der Waals surface area contributed by atoms with Gasteiger partial charge in [0.1, 0.15) is 17.2 Å². The maximum atomic E-state index is 12.5. The number of hydrogen-bond donors (Lipinski definition) is 3. The third kappa shape index (κ3) is 9.27. The number of carbonyl (C=O) groups excluding carboxylic acids is 3. The normalized spacial score (nSPS) is 10.4. The van der Waals surface area contributed by atoms with Crippen LogP contribution < -0.4 is 30.2 Å². The summed E-state index contributed by atoms with van der Waals surface area (Å²) in [5.74, 6) is 0.296. The molecule has 0 spiro atoms. The maximum absolute atomic E-state index is 12.5. The first kappa shape index (κ1) is 34.6. The molecule has 0 fully saturated rings. The summed E-state index contributed by atoms with van der Waals surface area (Å²) in [6.45, 7) is 0. The van der Waals surface area contributed by atoms with E-state index in [0.29, 0.717) is 51.0 Å². The van der Waals surface area contributed by atoms with Crippen molar-refractivity contribution < 1.29 is 28.6 Å². The number of nitrogens with zero attached hydrogens (tertiary/aromatic N) is 3. The number of aromatic nitrogens is 3. The van der Waals surface area contributed by atoms with Crippen LogP contribution in [-0.4, -0.2) is 32.9 Å². The molecule has 264 valence electrons. The van der Waals surface area contributed by atoms with Crippen LogP contribution in [0.3, 0.4) is 0 Å². The number of anilines is 6. The van der Waals surface area contributed by atoms with E-state index in [4.69, 9.17) is 14.2 Å². The van der Waals surface area contributed by atoms with Gasteiger partial charge in [-0.3, -0.25) is 0 Å². The highest BCUT2D eigenvalue weighted by Crippen LogP contribution is 2.25. The van der Waals surface area contributed by atoms with Crippen LogP contribution in [0.1, 0.15) is 31.1 Å². The zero-order valence-corrected chi connectivity index (χ0v) is 28.4. The molecule has 0 amide bonds. The van der Waals surface area contributed by atoms with Crippen LogP contribution in [0, 0.1) is 0 Å². The van der Waals surface area contributed by atoms with E-state index in [2.05, 4.69) is 30.9 Å². The highest BCUT2D eigenvalue weighted by molar-refractivity contribution is 5.92. The molecule has 0 radical (unpaired) electrons. The van der Waals surface area contributed by atoms with Crippen LogP contribution in [0.5, 0.6) is 17.2 Å². The Labute approximate surface area is 309 Å². The molecule has 1 heterocycles. The summed E-state index contributed by atoms with van der Waals surface area (Å²) >= 11 is 0. The third-order valence-corrected chi connectivity index (χ3v) is 7.63. The van der Waals surface area contributed by atoms with Gasteiger partial charge in [-0.2, -0.15) is 15.0 Å².